The molecule has 1 saturated heterocycles. The number of unbranched alkanes of at least 4 members (excludes halogenated alkanes) is 6. The maximum absolute atomic E-state index is 11.5. The van der Waals surface area contributed by atoms with E-state index in [-0.39, 0.29) is 11.9 Å². The second-order valence-electron chi connectivity index (χ2n) is 5.19. The number of nitrogens with one attached hydrogen (secondary N) is 2. The van der Waals surface area contributed by atoms with Crippen LogP contribution in [0.15, 0.2) is 12.7 Å². The predicted octanol–water partition coefficient (Wildman–Crippen LogP) is 2.89. The maximum Gasteiger partial charge on any atom is 0.322 e. The molecule has 0 aliphatic carbocycles. The number of hydrogen-bond donors (Lipinski definition) is 2. The Balaban J connectivity index is 2.05. The Hall–Kier alpha value is -1.32. The van der Waals surface area contributed by atoms with Crippen molar-refractivity contribution in [3.63, 3.8) is 0 Å². The third kappa shape index (κ3) is 4.51. The van der Waals surface area contributed by atoms with E-state index in [4.69, 9.17) is 0 Å². The smallest absolute Gasteiger partial charge is 0.322 e. The first kappa shape index (κ1) is 14.7. The van der Waals surface area contributed by atoms with Gasteiger partial charge in [0, 0.05) is 0 Å². The van der Waals surface area contributed by atoms with Gasteiger partial charge in [-0.05, 0) is 26.2 Å². The Morgan fingerprint density at radius 2 is 1.72 bits per heavy atom. The molecule has 0 aromatic rings. The van der Waals surface area contributed by atoms with Gasteiger partial charge in [-0.15, -0.1) is 6.58 Å². The Kier molecular flexibility index (Phi) is 5.89. The molecular formula is C14H24N2O2. The minimum atomic E-state index is -0.695. The summed E-state index contributed by atoms with van der Waals surface area (Å²) >= 11 is 0. The highest BCUT2D eigenvalue weighted by atomic mass is 16.2. The topological polar surface area (TPSA) is 58.2 Å². The van der Waals surface area contributed by atoms with E-state index in [0.717, 1.165) is 25.7 Å². The van der Waals surface area contributed by atoms with E-state index in [2.05, 4.69) is 17.2 Å². The molecule has 0 spiro atoms. The highest BCUT2D eigenvalue weighted by Crippen LogP contribution is 2.19. The van der Waals surface area contributed by atoms with Crippen molar-refractivity contribution in [1.29, 1.82) is 0 Å². The van der Waals surface area contributed by atoms with Gasteiger partial charge in [0.2, 0.25) is 0 Å². The molecule has 2 N–H and O–H groups in total. The van der Waals surface area contributed by atoms with Crippen molar-refractivity contribution in [2.45, 2.75) is 63.8 Å². The van der Waals surface area contributed by atoms with E-state index in [1.54, 1.807) is 6.92 Å². The van der Waals surface area contributed by atoms with E-state index < -0.39 is 5.54 Å². The van der Waals surface area contributed by atoms with Crippen LogP contribution >= 0.6 is 0 Å². The lowest BCUT2D eigenvalue weighted by Gasteiger charge is -2.19. The van der Waals surface area contributed by atoms with Crippen molar-refractivity contribution in [1.82, 2.24) is 10.6 Å². The lowest BCUT2D eigenvalue weighted by atomic mass is 9.94. The summed E-state index contributed by atoms with van der Waals surface area (Å²) in [7, 11) is 0. The standard InChI is InChI=1S/C14H24N2O2/c1-3-4-5-6-7-8-9-10-11-14(2)12(17)15-13(18)16-14/h3H,1,4-11H2,2H3,(H2,15,16,17,18)/t14-/m0/s1. The minimum absolute atomic E-state index is 0.196. The van der Waals surface area contributed by atoms with Crippen LogP contribution in [0.2, 0.25) is 0 Å². The van der Waals surface area contributed by atoms with Crippen molar-refractivity contribution in [3.05, 3.63) is 12.7 Å². The number of amides is 3. The van der Waals surface area contributed by atoms with Crippen molar-refractivity contribution < 1.29 is 9.59 Å². The Bertz CT molecular complexity index is 315. The molecule has 4 heteroatoms. The second kappa shape index (κ2) is 7.19. The molecule has 3 amide bonds. The van der Waals surface area contributed by atoms with Gasteiger partial charge < -0.3 is 5.32 Å². The Morgan fingerprint density at radius 3 is 2.28 bits per heavy atom. The fourth-order valence-corrected chi connectivity index (χ4v) is 2.23. The van der Waals surface area contributed by atoms with E-state index in [9.17, 15) is 9.59 Å². The largest absolute Gasteiger partial charge is 0.324 e. The van der Waals surface area contributed by atoms with Gasteiger partial charge in [0.05, 0.1) is 0 Å². The van der Waals surface area contributed by atoms with Crippen LogP contribution in [0.3, 0.4) is 0 Å². The first-order valence-corrected chi connectivity index (χ1v) is 6.83. The van der Waals surface area contributed by atoms with Crippen LogP contribution in [-0.4, -0.2) is 17.5 Å². The van der Waals surface area contributed by atoms with Gasteiger partial charge in [-0.2, -0.15) is 0 Å². The number of imide groups is 1. The molecule has 1 rings (SSSR count). The Labute approximate surface area is 109 Å². The zero-order valence-electron chi connectivity index (χ0n) is 11.3. The molecule has 1 fully saturated rings. The fourth-order valence-electron chi connectivity index (χ4n) is 2.23. The number of carbonyl (C=O) groups excluding carboxylic acids is 2. The summed E-state index contributed by atoms with van der Waals surface area (Å²) in [6.45, 7) is 5.49. The molecule has 0 aromatic heterocycles. The number of urea groups is 1. The second-order valence-corrected chi connectivity index (χ2v) is 5.19. The average molecular weight is 252 g/mol. The van der Waals surface area contributed by atoms with Crippen LogP contribution in [0.4, 0.5) is 4.79 Å². The first-order chi connectivity index (χ1) is 8.58. The number of allylic oxidation sites excluding steroid dienone is 1. The van der Waals surface area contributed by atoms with Gasteiger partial charge in [-0.3, -0.25) is 10.1 Å². The molecule has 1 aliphatic heterocycles. The molecule has 0 unspecified atom stereocenters. The summed E-state index contributed by atoms with van der Waals surface area (Å²) in [6.07, 6.45) is 10.8. The zero-order chi connectivity index (χ0) is 13.4. The molecule has 1 heterocycles. The summed E-state index contributed by atoms with van der Waals surface area (Å²) in [5, 5.41) is 4.97. The van der Waals surface area contributed by atoms with Gasteiger partial charge in [0.15, 0.2) is 0 Å². The first-order valence-electron chi connectivity index (χ1n) is 6.83. The van der Waals surface area contributed by atoms with E-state index in [1.165, 1.54) is 25.7 Å². The lowest BCUT2D eigenvalue weighted by Crippen LogP contribution is -2.43. The molecule has 0 radical (unpaired) electrons. The number of hydrogen-bond acceptors (Lipinski definition) is 2. The predicted molar refractivity (Wildman–Crippen MR) is 72.2 cm³/mol. The molecule has 1 atom stereocenters. The van der Waals surface area contributed by atoms with Crippen LogP contribution in [0.1, 0.15) is 58.3 Å². The molecule has 0 saturated carbocycles. The summed E-state index contributed by atoms with van der Waals surface area (Å²) in [5.74, 6) is -0.196. The maximum atomic E-state index is 11.5. The van der Waals surface area contributed by atoms with E-state index in [1.807, 2.05) is 6.08 Å². The molecule has 0 bridgehead atoms. The molecule has 1 aliphatic rings. The SMILES string of the molecule is C=CCCCCCCCC[C@]1(C)NC(=O)NC1=O. The van der Waals surface area contributed by atoms with Crippen LogP contribution in [0.25, 0.3) is 0 Å². The molecule has 18 heavy (non-hydrogen) atoms. The lowest BCUT2D eigenvalue weighted by molar-refractivity contribution is -0.123. The monoisotopic (exact) mass is 252 g/mol. The van der Waals surface area contributed by atoms with Crippen LogP contribution < -0.4 is 10.6 Å². The summed E-state index contributed by atoms with van der Waals surface area (Å²) < 4.78 is 0. The van der Waals surface area contributed by atoms with Crippen LogP contribution in [-0.2, 0) is 4.79 Å². The molecule has 102 valence electrons. The van der Waals surface area contributed by atoms with Gasteiger partial charge in [0.25, 0.3) is 5.91 Å². The number of carbonyl (C=O) groups is 2. The highest BCUT2D eigenvalue weighted by Gasteiger charge is 2.40. The van der Waals surface area contributed by atoms with Crippen LogP contribution in [0.5, 0.6) is 0 Å². The van der Waals surface area contributed by atoms with Gasteiger partial charge in [-0.25, -0.2) is 4.79 Å². The van der Waals surface area contributed by atoms with E-state index in [0.29, 0.717) is 0 Å². The van der Waals surface area contributed by atoms with Crippen molar-refractivity contribution in [3.8, 4) is 0 Å². The molecular weight excluding hydrogens is 228 g/mol. The zero-order valence-corrected chi connectivity index (χ0v) is 11.3. The van der Waals surface area contributed by atoms with Crippen molar-refractivity contribution in [2.75, 3.05) is 0 Å². The van der Waals surface area contributed by atoms with Gasteiger partial charge in [-0.1, -0.05) is 38.2 Å². The normalized spacial score (nSPS) is 22.7. The quantitative estimate of drug-likeness (QED) is 0.376. The van der Waals surface area contributed by atoms with Gasteiger partial charge in [0.1, 0.15) is 5.54 Å². The van der Waals surface area contributed by atoms with Crippen molar-refractivity contribution >= 4 is 11.9 Å². The van der Waals surface area contributed by atoms with Crippen molar-refractivity contribution in [2.24, 2.45) is 0 Å². The van der Waals surface area contributed by atoms with E-state index >= 15 is 0 Å². The Morgan fingerprint density at radius 1 is 1.11 bits per heavy atom. The molecule has 0 aromatic carbocycles. The van der Waals surface area contributed by atoms with Crippen LogP contribution in [0, 0.1) is 0 Å². The molecule has 4 nitrogen and oxygen atoms in total. The summed E-state index contributed by atoms with van der Waals surface area (Å²) in [6, 6.07) is -0.369. The minimum Gasteiger partial charge on any atom is -0.324 e. The summed E-state index contributed by atoms with van der Waals surface area (Å²) in [5.41, 5.74) is -0.695. The summed E-state index contributed by atoms with van der Waals surface area (Å²) in [4.78, 5) is 22.6. The highest BCUT2D eigenvalue weighted by molar-refractivity contribution is 6.06. The van der Waals surface area contributed by atoms with Gasteiger partial charge >= 0.3 is 6.03 Å². The third-order valence-electron chi connectivity index (χ3n) is 3.45. The number of rotatable bonds is 9. The average Bonchev–Trinajstić information content (AvgIpc) is 2.57. The fraction of sp³-hybridized carbons (Fsp3) is 0.714. The third-order valence-corrected chi connectivity index (χ3v) is 3.45.